The van der Waals surface area contributed by atoms with E-state index in [0.717, 1.165) is 12.8 Å². The fraction of sp³-hybridized carbons (Fsp3) is 0.176. The summed E-state index contributed by atoms with van der Waals surface area (Å²) < 4.78 is 0. The molecule has 1 atom stereocenters. The molecule has 2 aliphatic rings. The molecular formula is C17H15Cl2Zr. The van der Waals surface area contributed by atoms with Gasteiger partial charge in [-0.2, -0.15) is 6.08 Å². The zero-order chi connectivity index (χ0) is 11.7. The standard InChI is InChI=1S/C17H15.2ClH.Zr/c1-2-7-15-12-14-10-5-6-11-16(14)17(15)13-8-3-4-9-13;;;/h2-3,5-6,8,10-12,17H,1,4,7H2;2*1H;/q-1;;;+3/p-2. The molecule has 0 heterocycles. The van der Waals surface area contributed by atoms with Crippen molar-refractivity contribution in [3.05, 3.63) is 77.4 Å². The molecule has 0 N–H and O–H groups in total. The van der Waals surface area contributed by atoms with Crippen LogP contribution in [0, 0.1) is 6.08 Å². The minimum absolute atomic E-state index is 0. The van der Waals surface area contributed by atoms with E-state index in [1.54, 1.807) is 0 Å². The van der Waals surface area contributed by atoms with Crippen LogP contribution in [0.1, 0.15) is 29.9 Å². The molecule has 0 spiro atoms. The predicted octanol–water partition coefficient (Wildman–Crippen LogP) is -1.56. The quantitative estimate of drug-likeness (QED) is 0.439. The van der Waals surface area contributed by atoms with Crippen molar-refractivity contribution in [2.24, 2.45) is 0 Å². The van der Waals surface area contributed by atoms with Crippen LogP contribution in [0.15, 0.2) is 60.2 Å². The van der Waals surface area contributed by atoms with Gasteiger partial charge in [-0.25, -0.2) is 11.6 Å². The van der Waals surface area contributed by atoms with Crippen molar-refractivity contribution in [3.8, 4) is 0 Å². The van der Waals surface area contributed by atoms with Gasteiger partial charge in [-0.05, 0) is 23.5 Å². The Kier molecular flexibility index (Phi) is 8.67. The molecule has 3 rings (SSSR count). The maximum Gasteiger partial charge on any atom is 3.00 e. The molecule has 101 valence electrons. The number of fused-ring (bicyclic) bond motifs is 1. The van der Waals surface area contributed by atoms with E-state index in [0.29, 0.717) is 5.92 Å². The first-order valence-corrected chi connectivity index (χ1v) is 6.07. The van der Waals surface area contributed by atoms with Gasteiger partial charge in [-0.3, -0.25) is 6.08 Å². The van der Waals surface area contributed by atoms with E-state index in [9.17, 15) is 0 Å². The van der Waals surface area contributed by atoms with E-state index in [1.165, 1.54) is 22.3 Å². The molecule has 1 unspecified atom stereocenters. The molecular weight excluding hydrogens is 366 g/mol. The minimum atomic E-state index is 0. The summed E-state index contributed by atoms with van der Waals surface area (Å²) >= 11 is 0. The van der Waals surface area contributed by atoms with Crippen molar-refractivity contribution in [1.82, 2.24) is 0 Å². The molecule has 1 aromatic carbocycles. The fourth-order valence-corrected chi connectivity index (χ4v) is 2.72. The number of hydrogen-bond donors (Lipinski definition) is 0. The average molecular weight is 381 g/mol. The van der Waals surface area contributed by atoms with Crippen LogP contribution < -0.4 is 24.8 Å². The van der Waals surface area contributed by atoms with Crippen molar-refractivity contribution < 1.29 is 51.0 Å². The van der Waals surface area contributed by atoms with E-state index < -0.39 is 0 Å². The molecule has 0 amide bonds. The summed E-state index contributed by atoms with van der Waals surface area (Å²) in [6, 6.07) is 8.65. The summed E-state index contributed by atoms with van der Waals surface area (Å²) in [6.45, 7) is 3.86. The average Bonchev–Trinajstić information content (AvgIpc) is 2.94. The number of rotatable bonds is 3. The second-order valence-corrected chi connectivity index (χ2v) is 4.51. The van der Waals surface area contributed by atoms with Gasteiger partial charge in [0.15, 0.2) is 0 Å². The SMILES string of the molecule is C=CCC1=Cc2ccccc2C1C1=[C-]CC=C1.[Cl-].[Cl-].[Zr+3]. The Morgan fingerprint density at radius 2 is 2.00 bits per heavy atom. The third kappa shape index (κ3) is 3.64. The molecule has 0 nitrogen and oxygen atoms in total. The Morgan fingerprint density at radius 1 is 1.25 bits per heavy atom. The van der Waals surface area contributed by atoms with Crippen molar-refractivity contribution in [3.63, 3.8) is 0 Å². The van der Waals surface area contributed by atoms with Crippen LogP contribution >= 0.6 is 0 Å². The summed E-state index contributed by atoms with van der Waals surface area (Å²) in [5.74, 6) is 0.406. The predicted molar refractivity (Wildman–Crippen MR) is 72.5 cm³/mol. The van der Waals surface area contributed by atoms with Gasteiger partial charge < -0.3 is 24.8 Å². The summed E-state index contributed by atoms with van der Waals surface area (Å²) in [5, 5.41) is 0. The molecule has 0 aliphatic heterocycles. The van der Waals surface area contributed by atoms with E-state index in [1.807, 2.05) is 6.08 Å². The summed E-state index contributed by atoms with van der Waals surface area (Å²) in [6.07, 6.45) is 14.1. The minimum Gasteiger partial charge on any atom is -1.00 e. The molecule has 0 saturated heterocycles. The van der Waals surface area contributed by atoms with Crippen LogP contribution in [0.25, 0.3) is 6.08 Å². The third-order valence-electron chi connectivity index (χ3n) is 3.43. The molecule has 20 heavy (non-hydrogen) atoms. The molecule has 0 bridgehead atoms. The Bertz CT molecular complexity index is 556. The second kappa shape index (κ2) is 8.83. The first-order valence-electron chi connectivity index (χ1n) is 6.07. The van der Waals surface area contributed by atoms with Crippen LogP contribution in [-0.2, 0) is 26.2 Å². The number of halogens is 2. The third-order valence-corrected chi connectivity index (χ3v) is 3.43. The normalized spacial score (nSPS) is 17.9. The van der Waals surface area contributed by atoms with E-state index >= 15 is 0 Å². The topological polar surface area (TPSA) is 0 Å². The monoisotopic (exact) mass is 379 g/mol. The van der Waals surface area contributed by atoms with Crippen LogP contribution in [0.2, 0.25) is 0 Å². The largest absolute Gasteiger partial charge is 3.00 e. The van der Waals surface area contributed by atoms with Gasteiger partial charge in [0, 0.05) is 0 Å². The molecule has 0 saturated carbocycles. The second-order valence-electron chi connectivity index (χ2n) is 4.51. The Labute approximate surface area is 152 Å². The molecule has 1 aromatic rings. The first-order chi connectivity index (χ1) is 8.40. The smallest absolute Gasteiger partial charge is 1.00 e. The van der Waals surface area contributed by atoms with Crippen LogP contribution in [-0.4, -0.2) is 0 Å². The number of hydrogen-bond acceptors (Lipinski definition) is 0. The number of benzene rings is 1. The molecule has 3 heteroatoms. The van der Waals surface area contributed by atoms with E-state index in [-0.39, 0.29) is 51.0 Å². The van der Waals surface area contributed by atoms with Crippen LogP contribution in [0.4, 0.5) is 0 Å². The maximum absolute atomic E-state index is 3.86. The Morgan fingerprint density at radius 3 is 2.65 bits per heavy atom. The first kappa shape index (κ1) is 19.6. The van der Waals surface area contributed by atoms with Gasteiger partial charge in [0.05, 0.1) is 0 Å². The Balaban J connectivity index is 0.00000120. The van der Waals surface area contributed by atoms with Gasteiger partial charge in [-0.1, -0.05) is 42.0 Å². The molecule has 2 aliphatic carbocycles. The van der Waals surface area contributed by atoms with Crippen molar-refractivity contribution in [2.75, 3.05) is 0 Å². The Hall–Kier alpha value is -0.357. The fourth-order valence-electron chi connectivity index (χ4n) is 2.72. The molecule has 1 radical (unpaired) electrons. The van der Waals surface area contributed by atoms with Gasteiger partial charge in [0.25, 0.3) is 0 Å². The van der Waals surface area contributed by atoms with E-state index in [4.69, 9.17) is 0 Å². The summed E-state index contributed by atoms with van der Waals surface area (Å²) in [7, 11) is 0. The zero-order valence-corrected chi connectivity index (χ0v) is 15.0. The summed E-state index contributed by atoms with van der Waals surface area (Å²) in [4.78, 5) is 0. The number of allylic oxidation sites excluding steroid dienone is 6. The van der Waals surface area contributed by atoms with Crippen LogP contribution in [0.5, 0.6) is 0 Å². The van der Waals surface area contributed by atoms with Crippen LogP contribution in [0.3, 0.4) is 0 Å². The van der Waals surface area contributed by atoms with Gasteiger partial charge in [0.2, 0.25) is 0 Å². The van der Waals surface area contributed by atoms with Crippen molar-refractivity contribution in [2.45, 2.75) is 18.8 Å². The van der Waals surface area contributed by atoms with Crippen molar-refractivity contribution in [1.29, 1.82) is 0 Å². The van der Waals surface area contributed by atoms with Gasteiger partial charge in [-0.15, -0.1) is 13.0 Å². The molecule has 0 aromatic heterocycles. The van der Waals surface area contributed by atoms with Crippen molar-refractivity contribution >= 4 is 6.08 Å². The van der Waals surface area contributed by atoms with Gasteiger partial charge >= 0.3 is 26.2 Å². The zero-order valence-electron chi connectivity index (χ0n) is 11.1. The maximum atomic E-state index is 3.86. The summed E-state index contributed by atoms with van der Waals surface area (Å²) in [5.41, 5.74) is 5.53. The van der Waals surface area contributed by atoms with Gasteiger partial charge in [0.1, 0.15) is 0 Å². The molecule has 0 fully saturated rings. The van der Waals surface area contributed by atoms with E-state index in [2.05, 4.69) is 55.1 Å².